The van der Waals surface area contributed by atoms with Crippen molar-refractivity contribution in [2.24, 2.45) is 10.7 Å². The molecule has 2 aromatic heterocycles. The predicted molar refractivity (Wildman–Crippen MR) is 167 cm³/mol. The highest BCUT2D eigenvalue weighted by atomic mass is 79.9. The number of unbranched alkanes of at least 4 members (excludes halogenated alkanes) is 1. The van der Waals surface area contributed by atoms with Crippen LogP contribution in [0.1, 0.15) is 34.3 Å². The molecule has 3 N–H and O–H groups in total. The Labute approximate surface area is 254 Å². The minimum Gasteiger partial charge on any atom is -0.494 e. The fourth-order valence-corrected chi connectivity index (χ4v) is 7.27. The lowest BCUT2D eigenvalue weighted by molar-refractivity contribution is -0.135. The highest BCUT2D eigenvalue weighted by Crippen LogP contribution is 2.35. The van der Waals surface area contributed by atoms with E-state index in [4.69, 9.17) is 10.5 Å². The molecule has 0 fully saturated rings. The summed E-state index contributed by atoms with van der Waals surface area (Å²) in [6, 6.07) is 13.5. The van der Waals surface area contributed by atoms with Gasteiger partial charge in [0.25, 0.3) is 0 Å². The Bertz CT molecular complexity index is 1590. The van der Waals surface area contributed by atoms with Crippen LogP contribution in [0.5, 0.6) is 5.75 Å². The standard InChI is InChI=1S/C29H28BrN5O4S2/c30-23-16-41-27-25(33-17-34-26(23)27)19-6-8-20(9-7-19)39-12-1-2-13-40-29(32-14-24(36)37)35-11-10-18-4-3-5-21(28(31)38)22(18)15-35/h3-9,16-17H,1-2,10-15H2,(H2,31,38)(H,36,37). The molecule has 0 saturated heterocycles. The van der Waals surface area contributed by atoms with E-state index in [0.29, 0.717) is 30.4 Å². The summed E-state index contributed by atoms with van der Waals surface area (Å²) in [6.07, 6.45) is 4.03. The molecule has 41 heavy (non-hydrogen) atoms. The van der Waals surface area contributed by atoms with Crippen LogP contribution in [0.15, 0.2) is 63.6 Å². The van der Waals surface area contributed by atoms with Gasteiger partial charge in [-0.2, -0.15) is 0 Å². The van der Waals surface area contributed by atoms with Crippen molar-refractivity contribution < 1.29 is 19.4 Å². The SMILES string of the molecule is NC(=O)c1cccc2c1CN(C(=NCC(=O)O)SCCCCOc1ccc(-c3ncnc4c(Br)csc34)cc1)CC2. The van der Waals surface area contributed by atoms with E-state index in [1.807, 2.05) is 46.7 Å². The van der Waals surface area contributed by atoms with Crippen LogP contribution in [0.25, 0.3) is 21.5 Å². The van der Waals surface area contributed by atoms with Gasteiger partial charge in [0.2, 0.25) is 5.91 Å². The minimum atomic E-state index is -0.981. The van der Waals surface area contributed by atoms with Crippen LogP contribution in [0.4, 0.5) is 0 Å². The largest absolute Gasteiger partial charge is 0.494 e. The van der Waals surface area contributed by atoms with Crippen LogP contribution in [-0.2, 0) is 17.8 Å². The van der Waals surface area contributed by atoms with Gasteiger partial charge in [0.05, 0.1) is 27.0 Å². The van der Waals surface area contributed by atoms with Gasteiger partial charge in [-0.25, -0.2) is 9.97 Å². The summed E-state index contributed by atoms with van der Waals surface area (Å²) in [5.74, 6) is 0.115. The number of nitrogens with two attached hydrogens (primary N) is 1. The Morgan fingerprint density at radius 1 is 1.17 bits per heavy atom. The maximum absolute atomic E-state index is 11.9. The first-order chi connectivity index (χ1) is 19.9. The van der Waals surface area contributed by atoms with E-state index in [1.165, 1.54) is 11.8 Å². The Hall–Kier alpha value is -3.48. The molecule has 0 radical (unpaired) electrons. The molecular weight excluding hydrogens is 626 g/mol. The quantitative estimate of drug-likeness (QED) is 0.128. The lowest BCUT2D eigenvalue weighted by atomic mass is 9.95. The molecule has 1 aliphatic rings. The molecule has 0 bridgehead atoms. The maximum Gasteiger partial charge on any atom is 0.325 e. The van der Waals surface area contributed by atoms with Gasteiger partial charge in [-0.15, -0.1) is 11.3 Å². The van der Waals surface area contributed by atoms with Crippen LogP contribution in [0.2, 0.25) is 0 Å². The first-order valence-electron chi connectivity index (χ1n) is 13.1. The molecule has 5 rings (SSSR count). The Kier molecular flexibility index (Phi) is 9.53. The molecule has 3 heterocycles. The summed E-state index contributed by atoms with van der Waals surface area (Å²) in [7, 11) is 0. The number of fused-ring (bicyclic) bond motifs is 2. The highest BCUT2D eigenvalue weighted by Gasteiger charge is 2.23. The zero-order chi connectivity index (χ0) is 28.8. The van der Waals surface area contributed by atoms with E-state index < -0.39 is 11.9 Å². The number of aliphatic imine (C=N–C) groups is 1. The number of carbonyl (C=O) groups is 2. The molecule has 0 saturated carbocycles. The molecule has 1 amide bonds. The number of primary amides is 1. The van der Waals surface area contributed by atoms with E-state index in [0.717, 1.165) is 67.8 Å². The normalized spacial score (nSPS) is 13.3. The number of hydrogen-bond acceptors (Lipinski definition) is 8. The van der Waals surface area contributed by atoms with Crippen molar-refractivity contribution in [1.82, 2.24) is 14.9 Å². The predicted octanol–water partition coefficient (Wildman–Crippen LogP) is 5.61. The fraction of sp³-hybridized carbons (Fsp3) is 0.276. The zero-order valence-electron chi connectivity index (χ0n) is 22.1. The minimum absolute atomic E-state index is 0.299. The molecule has 4 aromatic rings. The Morgan fingerprint density at radius 2 is 2.00 bits per heavy atom. The molecule has 9 nitrogen and oxygen atoms in total. The third kappa shape index (κ3) is 7.06. The van der Waals surface area contributed by atoms with Crippen molar-refractivity contribution >= 4 is 66.3 Å². The second kappa shape index (κ2) is 13.5. The van der Waals surface area contributed by atoms with Gasteiger partial charge in [0.1, 0.15) is 18.6 Å². The summed E-state index contributed by atoms with van der Waals surface area (Å²) >= 11 is 6.68. The molecule has 212 valence electrons. The van der Waals surface area contributed by atoms with Gasteiger partial charge in [0.15, 0.2) is 5.17 Å². The number of hydrogen-bond donors (Lipinski definition) is 2. The molecule has 0 atom stereocenters. The molecule has 0 spiro atoms. The summed E-state index contributed by atoms with van der Waals surface area (Å²) in [4.78, 5) is 38.4. The smallest absolute Gasteiger partial charge is 0.325 e. The summed E-state index contributed by atoms with van der Waals surface area (Å²) in [5, 5.41) is 11.9. The van der Waals surface area contributed by atoms with Gasteiger partial charge < -0.3 is 20.5 Å². The summed E-state index contributed by atoms with van der Waals surface area (Å²) in [5.41, 5.74) is 10.9. The average Bonchev–Trinajstić information content (AvgIpc) is 3.36. The van der Waals surface area contributed by atoms with Crippen LogP contribution in [0, 0.1) is 0 Å². The number of thioether (sulfide) groups is 1. The van der Waals surface area contributed by atoms with Crippen LogP contribution >= 0.6 is 39.0 Å². The van der Waals surface area contributed by atoms with Crippen LogP contribution < -0.4 is 10.5 Å². The van der Waals surface area contributed by atoms with Crippen molar-refractivity contribution in [2.45, 2.75) is 25.8 Å². The lowest BCUT2D eigenvalue weighted by Crippen LogP contribution is -2.36. The van der Waals surface area contributed by atoms with E-state index in [1.54, 1.807) is 23.7 Å². The second-order valence-corrected chi connectivity index (χ2v) is 12.2. The topological polar surface area (TPSA) is 131 Å². The number of benzene rings is 2. The average molecular weight is 655 g/mol. The number of amides is 1. The third-order valence-electron chi connectivity index (χ3n) is 6.64. The van der Waals surface area contributed by atoms with Gasteiger partial charge in [-0.05, 0) is 76.7 Å². The van der Waals surface area contributed by atoms with Gasteiger partial charge in [-0.3, -0.25) is 14.6 Å². The number of aliphatic carboxylic acids is 1. The number of nitrogens with zero attached hydrogens (tertiary/aromatic N) is 4. The number of carboxylic acid groups (broad SMARTS) is 1. The van der Waals surface area contributed by atoms with Gasteiger partial charge in [-0.1, -0.05) is 23.9 Å². The Morgan fingerprint density at radius 3 is 2.78 bits per heavy atom. The first kappa shape index (κ1) is 29.0. The van der Waals surface area contributed by atoms with Gasteiger partial charge in [0, 0.05) is 35.3 Å². The number of rotatable bonds is 10. The number of ether oxygens (including phenoxy) is 1. The van der Waals surface area contributed by atoms with E-state index in [2.05, 4.69) is 30.9 Å². The number of carboxylic acids is 1. The van der Waals surface area contributed by atoms with Crippen LogP contribution in [0.3, 0.4) is 0 Å². The maximum atomic E-state index is 11.9. The van der Waals surface area contributed by atoms with E-state index in [9.17, 15) is 14.7 Å². The molecule has 2 aromatic carbocycles. The van der Waals surface area contributed by atoms with Crippen molar-refractivity contribution in [3.63, 3.8) is 0 Å². The number of halogens is 1. The second-order valence-electron chi connectivity index (χ2n) is 9.38. The molecule has 12 heteroatoms. The monoisotopic (exact) mass is 653 g/mol. The van der Waals surface area contributed by atoms with E-state index >= 15 is 0 Å². The van der Waals surface area contributed by atoms with Crippen molar-refractivity contribution in [3.8, 4) is 17.0 Å². The molecule has 1 aliphatic heterocycles. The third-order valence-corrected chi connectivity index (χ3v) is 9.66. The van der Waals surface area contributed by atoms with Crippen molar-refractivity contribution in [1.29, 1.82) is 0 Å². The van der Waals surface area contributed by atoms with Crippen molar-refractivity contribution in [3.05, 3.63) is 75.3 Å². The number of amidine groups is 1. The zero-order valence-corrected chi connectivity index (χ0v) is 25.3. The number of thiophene rings is 1. The lowest BCUT2D eigenvalue weighted by Gasteiger charge is -2.32. The fourth-order valence-electron chi connectivity index (χ4n) is 4.64. The summed E-state index contributed by atoms with van der Waals surface area (Å²) < 4.78 is 7.97. The van der Waals surface area contributed by atoms with E-state index in [-0.39, 0.29) is 6.54 Å². The molecule has 0 aliphatic carbocycles. The molecular formula is C29H28BrN5O4S2. The van der Waals surface area contributed by atoms with Crippen LogP contribution in [-0.4, -0.2) is 62.5 Å². The number of aromatic nitrogens is 2. The van der Waals surface area contributed by atoms with Gasteiger partial charge >= 0.3 is 5.97 Å². The Balaban J connectivity index is 1.12. The first-order valence-corrected chi connectivity index (χ1v) is 15.7. The summed E-state index contributed by atoms with van der Waals surface area (Å²) in [6.45, 7) is 1.44. The number of carbonyl (C=O) groups excluding carboxylic acids is 1. The highest BCUT2D eigenvalue weighted by molar-refractivity contribution is 9.10. The molecule has 0 unspecified atom stereocenters. The van der Waals surface area contributed by atoms with Crippen molar-refractivity contribution in [2.75, 3.05) is 25.4 Å².